The van der Waals surface area contributed by atoms with Crippen LogP contribution in [0.1, 0.15) is 38.2 Å². The Bertz CT molecular complexity index is 603. The Morgan fingerprint density at radius 1 is 1.04 bits per heavy atom. The third-order valence-electron chi connectivity index (χ3n) is 5.41. The molecule has 1 saturated carbocycles. The molecule has 0 spiro atoms. The van der Waals surface area contributed by atoms with Gasteiger partial charge < -0.3 is 15.5 Å². The second kappa shape index (κ2) is 9.03. The third kappa shape index (κ3) is 5.21. The van der Waals surface area contributed by atoms with Crippen LogP contribution in [0.2, 0.25) is 0 Å². The summed E-state index contributed by atoms with van der Waals surface area (Å²) in [6.45, 7) is 5.78. The van der Waals surface area contributed by atoms with Gasteiger partial charge in [-0.05, 0) is 37.0 Å². The molecule has 0 unspecified atom stereocenters. The van der Waals surface area contributed by atoms with E-state index in [9.17, 15) is 9.59 Å². The van der Waals surface area contributed by atoms with Crippen LogP contribution >= 0.6 is 0 Å². The fourth-order valence-corrected chi connectivity index (χ4v) is 3.94. The quantitative estimate of drug-likeness (QED) is 0.850. The first-order valence-corrected chi connectivity index (χ1v) is 9.75. The van der Waals surface area contributed by atoms with Gasteiger partial charge in [0.2, 0.25) is 5.91 Å². The van der Waals surface area contributed by atoms with E-state index in [1.54, 1.807) is 0 Å². The first-order chi connectivity index (χ1) is 12.6. The lowest BCUT2D eigenvalue weighted by Gasteiger charge is -2.38. The molecule has 3 rings (SSSR count). The molecule has 2 N–H and O–H groups in total. The fourth-order valence-electron chi connectivity index (χ4n) is 3.94. The van der Waals surface area contributed by atoms with Gasteiger partial charge in [-0.2, -0.15) is 0 Å². The zero-order valence-corrected chi connectivity index (χ0v) is 15.7. The molecule has 6 heteroatoms. The molecule has 142 valence electrons. The highest BCUT2D eigenvalue weighted by atomic mass is 16.2. The summed E-state index contributed by atoms with van der Waals surface area (Å²) in [5, 5.41) is 5.78. The molecule has 0 radical (unpaired) electrons. The van der Waals surface area contributed by atoms with Crippen LogP contribution in [0.3, 0.4) is 0 Å². The molecular formula is C20H30N4O2. The Morgan fingerprint density at radius 3 is 2.31 bits per heavy atom. The zero-order chi connectivity index (χ0) is 18.4. The van der Waals surface area contributed by atoms with Gasteiger partial charge in [0.15, 0.2) is 0 Å². The van der Waals surface area contributed by atoms with E-state index in [1.165, 1.54) is 32.6 Å². The van der Waals surface area contributed by atoms with Crippen LogP contribution in [0.25, 0.3) is 0 Å². The Balaban J connectivity index is 1.36. The van der Waals surface area contributed by atoms with Crippen molar-refractivity contribution in [2.45, 2.75) is 45.1 Å². The number of urea groups is 1. The van der Waals surface area contributed by atoms with E-state index in [0.29, 0.717) is 6.54 Å². The van der Waals surface area contributed by atoms with Crippen molar-refractivity contribution in [1.82, 2.24) is 15.1 Å². The maximum atomic E-state index is 12.3. The van der Waals surface area contributed by atoms with Crippen LogP contribution in [-0.4, -0.2) is 60.5 Å². The standard InChI is InChI=1S/C20H30N4O2/c1-16(25)22-18-8-6-17(7-9-18)10-11-21-20(26)24-14-12-23(13-15-24)19-4-2-3-5-19/h6-9,19H,2-5,10-15H2,1H3,(H,21,26)(H,22,25). The second-order valence-corrected chi connectivity index (χ2v) is 7.32. The summed E-state index contributed by atoms with van der Waals surface area (Å²) in [6, 6.07) is 8.55. The number of piperazine rings is 1. The summed E-state index contributed by atoms with van der Waals surface area (Å²) in [4.78, 5) is 27.9. The molecule has 0 aromatic heterocycles. The molecule has 2 aliphatic rings. The van der Waals surface area contributed by atoms with Crippen LogP contribution < -0.4 is 10.6 Å². The van der Waals surface area contributed by atoms with Gasteiger partial charge in [0.05, 0.1) is 0 Å². The molecule has 1 aromatic rings. The van der Waals surface area contributed by atoms with Crippen LogP contribution in [-0.2, 0) is 11.2 Å². The Morgan fingerprint density at radius 2 is 1.69 bits per heavy atom. The van der Waals surface area contributed by atoms with Crippen LogP contribution in [0, 0.1) is 0 Å². The van der Waals surface area contributed by atoms with Crippen molar-refractivity contribution >= 4 is 17.6 Å². The lowest BCUT2D eigenvalue weighted by molar-refractivity contribution is -0.114. The predicted molar refractivity (Wildman–Crippen MR) is 103 cm³/mol. The maximum Gasteiger partial charge on any atom is 0.317 e. The van der Waals surface area contributed by atoms with Gasteiger partial charge in [0.25, 0.3) is 0 Å². The van der Waals surface area contributed by atoms with Gasteiger partial charge in [-0.15, -0.1) is 0 Å². The lowest BCUT2D eigenvalue weighted by atomic mass is 10.1. The molecule has 26 heavy (non-hydrogen) atoms. The largest absolute Gasteiger partial charge is 0.338 e. The number of amides is 3. The molecule has 0 bridgehead atoms. The summed E-state index contributed by atoms with van der Waals surface area (Å²) < 4.78 is 0. The number of anilines is 1. The van der Waals surface area contributed by atoms with E-state index in [-0.39, 0.29) is 11.9 Å². The van der Waals surface area contributed by atoms with Gasteiger partial charge in [0.1, 0.15) is 0 Å². The summed E-state index contributed by atoms with van der Waals surface area (Å²) in [6.07, 6.45) is 6.16. The van der Waals surface area contributed by atoms with Gasteiger partial charge in [-0.3, -0.25) is 9.69 Å². The van der Waals surface area contributed by atoms with E-state index >= 15 is 0 Å². The van der Waals surface area contributed by atoms with E-state index in [2.05, 4.69) is 15.5 Å². The molecule has 0 atom stereocenters. The topological polar surface area (TPSA) is 64.7 Å². The smallest absolute Gasteiger partial charge is 0.317 e. The first-order valence-electron chi connectivity index (χ1n) is 9.75. The SMILES string of the molecule is CC(=O)Nc1ccc(CCNC(=O)N2CCN(C3CCCC3)CC2)cc1. The summed E-state index contributed by atoms with van der Waals surface area (Å²) in [5.74, 6) is -0.0713. The number of nitrogens with one attached hydrogen (secondary N) is 2. The normalized spacial score (nSPS) is 18.7. The van der Waals surface area contributed by atoms with Gasteiger partial charge in [-0.1, -0.05) is 25.0 Å². The minimum atomic E-state index is -0.0713. The van der Waals surface area contributed by atoms with Crippen molar-refractivity contribution in [2.24, 2.45) is 0 Å². The van der Waals surface area contributed by atoms with Gasteiger partial charge in [-0.25, -0.2) is 4.79 Å². The highest BCUT2D eigenvalue weighted by Gasteiger charge is 2.27. The van der Waals surface area contributed by atoms with Crippen molar-refractivity contribution in [2.75, 3.05) is 38.0 Å². The zero-order valence-electron chi connectivity index (χ0n) is 15.7. The van der Waals surface area contributed by atoms with E-state index in [4.69, 9.17) is 0 Å². The highest BCUT2D eigenvalue weighted by Crippen LogP contribution is 2.24. The number of hydrogen-bond donors (Lipinski definition) is 2. The molecule has 1 aromatic carbocycles. The molecule has 1 aliphatic heterocycles. The van der Waals surface area contributed by atoms with Crippen LogP contribution in [0.5, 0.6) is 0 Å². The number of carbonyl (C=O) groups is 2. The summed E-state index contributed by atoms with van der Waals surface area (Å²) in [7, 11) is 0. The van der Waals surface area contributed by atoms with E-state index in [0.717, 1.165) is 49.9 Å². The van der Waals surface area contributed by atoms with E-state index in [1.807, 2.05) is 29.2 Å². The van der Waals surface area contributed by atoms with Crippen molar-refractivity contribution in [1.29, 1.82) is 0 Å². The summed E-state index contributed by atoms with van der Waals surface area (Å²) in [5.41, 5.74) is 1.94. The molecule has 6 nitrogen and oxygen atoms in total. The first kappa shape index (κ1) is 18.7. The maximum absolute atomic E-state index is 12.3. The second-order valence-electron chi connectivity index (χ2n) is 7.32. The molecule has 2 fully saturated rings. The average Bonchev–Trinajstić information content (AvgIpc) is 3.17. The number of carbonyl (C=O) groups excluding carboxylic acids is 2. The summed E-state index contributed by atoms with van der Waals surface area (Å²) >= 11 is 0. The Kier molecular flexibility index (Phi) is 6.50. The van der Waals surface area contributed by atoms with Crippen molar-refractivity contribution in [3.63, 3.8) is 0 Å². The van der Waals surface area contributed by atoms with Gasteiger partial charge in [0, 0.05) is 51.4 Å². The Labute approximate surface area is 155 Å². The number of hydrogen-bond acceptors (Lipinski definition) is 3. The minimum absolute atomic E-state index is 0.0472. The highest BCUT2D eigenvalue weighted by molar-refractivity contribution is 5.88. The molecule has 3 amide bonds. The molecule has 1 aliphatic carbocycles. The van der Waals surface area contributed by atoms with Crippen molar-refractivity contribution in [3.8, 4) is 0 Å². The molecule has 1 heterocycles. The third-order valence-corrected chi connectivity index (χ3v) is 5.41. The fraction of sp³-hybridized carbons (Fsp3) is 0.600. The van der Waals surface area contributed by atoms with Crippen molar-refractivity contribution < 1.29 is 9.59 Å². The minimum Gasteiger partial charge on any atom is -0.338 e. The monoisotopic (exact) mass is 358 g/mol. The predicted octanol–water partition coefficient (Wildman–Crippen LogP) is 2.46. The van der Waals surface area contributed by atoms with Crippen LogP contribution in [0.4, 0.5) is 10.5 Å². The number of rotatable bonds is 5. The van der Waals surface area contributed by atoms with Gasteiger partial charge >= 0.3 is 6.03 Å². The molecule has 1 saturated heterocycles. The Hall–Kier alpha value is -2.08. The average molecular weight is 358 g/mol. The number of nitrogens with zero attached hydrogens (tertiary/aromatic N) is 2. The number of benzene rings is 1. The van der Waals surface area contributed by atoms with Crippen LogP contribution in [0.15, 0.2) is 24.3 Å². The lowest BCUT2D eigenvalue weighted by Crippen LogP contribution is -2.53. The molecular weight excluding hydrogens is 328 g/mol. The van der Waals surface area contributed by atoms with E-state index < -0.39 is 0 Å². The van der Waals surface area contributed by atoms with Crippen molar-refractivity contribution in [3.05, 3.63) is 29.8 Å².